The molecular formula is C20H22N2O2. The van der Waals surface area contributed by atoms with Crippen molar-refractivity contribution in [2.75, 3.05) is 0 Å². The van der Waals surface area contributed by atoms with E-state index in [0.29, 0.717) is 0 Å². The van der Waals surface area contributed by atoms with Crippen LogP contribution in [0.4, 0.5) is 0 Å². The van der Waals surface area contributed by atoms with Crippen molar-refractivity contribution >= 4 is 11.8 Å². The van der Waals surface area contributed by atoms with E-state index in [1.54, 1.807) is 0 Å². The van der Waals surface area contributed by atoms with E-state index in [1.165, 1.54) is 12.2 Å². The molecule has 2 rings (SSSR count). The van der Waals surface area contributed by atoms with Crippen molar-refractivity contribution in [2.24, 2.45) is 0 Å². The van der Waals surface area contributed by atoms with Gasteiger partial charge in [-0.2, -0.15) is 0 Å². The Morgan fingerprint density at radius 1 is 0.708 bits per heavy atom. The largest absolute Gasteiger partial charge is 0.346 e. The standard InChI is InChI=1S/C20H22N2O2/c1-15(17-9-5-3-6-10-17)21-19(23)13-14-20(24)22-16(2)18-11-7-4-8-12-18/h3-16H,1-2H3,(H,21,23)(H,22,24)/b14-13-/t15-,16-/m0/s1. The fraction of sp³-hybridized carbons (Fsp3) is 0.200. The smallest absolute Gasteiger partial charge is 0.244 e. The summed E-state index contributed by atoms with van der Waals surface area (Å²) in [6.07, 6.45) is 2.51. The molecule has 2 N–H and O–H groups in total. The molecule has 2 amide bonds. The second-order valence-electron chi connectivity index (χ2n) is 5.62. The number of carbonyl (C=O) groups excluding carboxylic acids is 2. The topological polar surface area (TPSA) is 58.2 Å². The van der Waals surface area contributed by atoms with E-state index in [4.69, 9.17) is 0 Å². The maximum absolute atomic E-state index is 11.9. The molecule has 4 heteroatoms. The Balaban J connectivity index is 1.83. The number of benzene rings is 2. The van der Waals surface area contributed by atoms with Crippen LogP contribution in [0.3, 0.4) is 0 Å². The number of hydrogen-bond acceptors (Lipinski definition) is 2. The van der Waals surface area contributed by atoms with Crippen LogP contribution in [-0.4, -0.2) is 11.8 Å². The van der Waals surface area contributed by atoms with Crippen LogP contribution >= 0.6 is 0 Å². The number of rotatable bonds is 6. The summed E-state index contributed by atoms with van der Waals surface area (Å²) in [7, 11) is 0. The Labute approximate surface area is 142 Å². The molecule has 0 fully saturated rings. The lowest BCUT2D eigenvalue weighted by molar-refractivity contribution is -0.119. The zero-order valence-electron chi connectivity index (χ0n) is 13.9. The SMILES string of the molecule is C[C@H](NC(=O)/C=C\C(=O)N[C@@H](C)c1ccccc1)c1ccccc1. The lowest BCUT2D eigenvalue weighted by Gasteiger charge is -2.13. The first-order valence-corrected chi connectivity index (χ1v) is 7.95. The van der Waals surface area contributed by atoms with Crippen LogP contribution in [0.2, 0.25) is 0 Å². The monoisotopic (exact) mass is 322 g/mol. The summed E-state index contributed by atoms with van der Waals surface area (Å²) in [6.45, 7) is 3.80. The van der Waals surface area contributed by atoms with Gasteiger partial charge < -0.3 is 10.6 Å². The Kier molecular flexibility index (Phi) is 6.32. The predicted molar refractivity (Wildman–Crippen MR) is 95.1 cm³/mol. The highest BCUT2D eigenvalue weighted by molar-refractivity contribution is 5.96. The molecule has 0 radical (unpaired) electrons. The van der Waals surface area contributed by atoms with Gasteiger partial charge in [0.2, 0.25) is 11.8 Å². The molecule has 24 heavy (non-hydrogen) atoms. The van der Waals surface area contributed by atoms with Gasteiger partial charge in [-0.3, -0.25) is 9.59 Å². The number of hydrogen-bond donors (Lipinski definition) is 2. The fourth-order valence-corrected chi connectivity index (χ4v) is 2.32. The highest BCUT2D eigenvalue weighted by Gasteiger charge is 2.09. The Morgan fingerprint density at radius 2 is 1.04 bits per heavy atom. The average Bonchev–Trinajstić information content (AvgIpc) is 2.61. The molecule has 0 aromatic heterocycles. The molecule has 0 aliphatic carbocycles. The van der Waals surface area contributed by atoms with Gasteiger partial charge in [0.05, 0.1) is 12.1 Å². The van der Waals surface area contributed by atoms with Crippen molar-refractivity contribution in [1.29, 1.82) is 0 Å². The van der Waals surface area contributed by atoms with Crippen LogP contribution in [-0.2, 0) is 9.59 Å². The summed E-state index contributed by atoms with van der Waals surface area (Å²) in [6, 6.07) is 19.1. The van der Waals surface area contributed by atoms with Crippen molar-refractivity contribution in [3.05, 3.63) is 83.9 Å². The fourth-order valence-electron chi connectivity index (χ4n) is 2.32. The maximum atomic E-state index is 11.9. The zero-order chi connectivity index (χ0) is 17.4. The van der Waals surface area contributed by atoms with Crippen LogP contribution in [0.5, 0.6) is 0 Å². The average molecular weight is 322 g/mol. The summed E-state index contributed by atoms with van der Waals surface area (Å²) >= 11 is 0. The van der Waals surface area contributed by atoms with Crippen molar-refractivity contribution in [2.45, 2.75) is 25.9 Å². The van der Waals surface area contributed by atoms with E-state index in [0.717, 1.165) is 11.1 Å². The molecule has 2 aromatic carbocycles. The quantitative estimate of drug-likeness (QED) is 0.802. The summed E-state index contributed by atoms with van der Waals surface area (Å²) in [5.74, 6) is -0.595. The van der Waals surface area contributed by atoms with Gasteiger partial charge in [0, 0.05) is 12.2 Å². The van der Waals surface area contributed by atoms with E-state index in [9.17, 15) is 9.59 Å². The highest BCUT2D eigenvalue weighted by atomic mass is 16.2. The van der Waals surface area contributed by atoms with Gasteiger partial charge in [0.1, 0.15) is 0 Å². The molecule has 2 aromatic rings. The highest BCUT2D eigenvalue weighted by Crippen LogP contribution is 2.11. The minimum Gasteiger partial charge on any atom is -0.346 e. The van der Waals surface area contributed by atoms with Gasteiger partial charge in [-0.15, -0.1) is 0 Å². The normalized spacial score (nSPS) is 13.2. The third-order valence-corrected chi connectivity index (χ3v) is 3.70. The summed E-state index contributed by atoms with van der Waals surface area (Å²) in [4.78, 5) is 23.8. The summed E-state index contributed by atoms with van der Waals surface area (Å²) < 4.78 is 0. The second-order valence-corrected chi connectivity index (χ2v) is 5.62. The van der Waals surface area contributed by atoms with Gasteiger partial charge in [-0.25, -0.2) is 0 Å². The van der Waals surface area contributed by atoms with Crippen molar-refractivity contribution in [1.82, 2.24) is 10.6 Å². The van der Waals surface area contributed by atoms with Gasteiger partial charge in [0.15, 0.2) is 0 Å². The number of carbonyl (C=O) groups is 2. The molecule has 0 unspecified atom stereocenters. The van der Waals surface area contributed by atoms with Crippen molar-refractivity contribution < 1.29 is 9.59 Å². The van der Waals surface area contributed by atoms with Gasteiger partial charge in [-0.1, -0.05) is 60.7 Å². The van der Waals surface area contributed by atoms with Crippen LogP contribution in [0.25, 0.3) is 0 Å². The minimum atomic E-state index is -0.297. The van der Waals surface area contributed by atoms with Gasteiger partial charge >= 0.3 is 0 Å². The molecular weight excluding hydrogens is 300 g/mol. The van der Waals surface area contributed by atoms with Crippen LogP contribution in [0.1, 0.15) is 37.1 Å². The first-order chi connectivity index (χ1) is 11.6. The van der Waals surface area contributed by atoms with E-state index in [2.05, 4.69) is 10.6 Å². The molecule has 0 saturated heterocycles. The summed E-state index contributed by atoms with van der Waals surface area (Å²) in [5.41, 5.74) is 2.03. The molecule has 0 heterocycles. The predicted octanol–water partition coefficient (Wildman–Crippen LogP) is 3.30. The van der Waals surface area contributed by atoms with E-state index < -0.39 is 0 Å². The van der Waals surface area contributed by atoms with Crippen molar-refractivity contribution in [3.8, 4) is 0 Å². The van der Waals surface area contributed by atoms with Gasteiger partial charge in [-0.05, 0) is 25.0 Å². The van der Waals surface area contributed by atoms with Crippen LogP contribution in [0.15, 0.2) is 72.8 Å². The lowest BCUT2D eigenvalue weighted by Crippen LogP contribution is -2.27. The van der Waals surface area contributed by atoms with Crippen molar-refractivity contribution in [3.63, 3.8) is 0 Å². The van der Waals surface area contributed by atoms with E-state index in [-0.39, 0.29) is 23.9 Å². The molecule has 0 aliphatic heterocycles. The lowest BCUT2D eigenvalue weighted by atomic mass is 10.1. The first-order valence-electron chi connectivity index (χ1n) is 7.95. The zero-order valence-corrected chi connectivity index (χ0v) is 13.9. The van der Waals surface area contributed by atoms with Gasteiger partial charge in [0.25, 0.3) is 0 Å². The van der Waals surface area contributed by atoms with E-state index in [1.807, 2.05) is 74.5 Å². The second kappa shape index (κ2) is 8.67. The molecule has 4 nitrogen and oxygen atoms in total. The third kappa shape index (κ3) is 5.39. The Bertz CT molecular complexity index is 635. The Hall–Kier alpha value is -2.88. The molecule has 0 saturated carbocycles. The van der Waals surface area contributed by atoms with Crippen LogP contribution < -0.4 is 10.6 Å². The third-order valence-electron chi connectivity index (χ3n) is 3.70. The number of nitrogens with one attached hydrogen (secondary N) is 2. The molecule has 124 valence electrons. The first kappa shape index (κ1) is 17.5. The number of amides is 2. The molecule has 0 bridgehead atoms. The van der Waals surface area contributed by atoms with Crippen LogP contribution in [0, 0.1) is 0 Å². The summed E-state index contributed by atoms with van der Waals surface area (Å²) in [5, 5.41) is 5.66. The molecule has 0 spiro atoms. The minimum absolute atomic E-state index is 0.116. The Morgan fingerprint density at radius 3 is 1.38 bits per heavy atom. The molecule has 0 aliphatic rings. The molecule has 2 atom stereocenters. The van der Waals surface area contributed by atoms with E-state index >= 15 is 0 Å². The maximum Gasteiger partial charge on any atom is 0.244 e.